The van der Waals surface area contributed by atoms with Crippen LogP contribution in [0.4, 0.5) is 0 Å². The Morgan fingerprint density at radius 1 is 1.45 bits per heavy atom. The Balaban J connectivity index is 1.54. The van der Waals surface area contributed by atoms with Gasteiger partial charge in [0, 0.05) is 19.0 Å². The Bertz CT molecular complexity index is 386. The van der Waals surface area contributed by atoms with Crippen LogP contribution < -0.4 is 5.32 Å². The number of aromatic amines is 1. The van der Waals surface area contributed by atoms with Crippen molar-refractivity contribution in [3.05, 3.63) is 23.8 Å². The lowest BCUT2D eigenvalue weighted by atomic mass is 10.0. The minimum absolute atomic E-state index is 0.688. The van der Waals surface area contributed by atoms with Crippen LogP contribution in [0.25, 0.3) is 0 Å². The quantitative estimate of drug-likeness (QED) is 0.589. The molecule has 1 aliphatic heterocycles. The van der Waals surface area contributed by atoms with Crippen molar-refractivity contribution in [3.8, 4) is 0 Å². The molecule has 2 N–H and O–H groups in total. The zero-order valence-electron chi connectivity index (χ0n) is 12.7. The predicted octanol–water partition coefficient (Wildman–Crippen LogP) is 1.76. The van der Waals surface area contributed by atoms with Crippen LogP contribution in [0.3, 0.4) is 0 Å². The molecular formula is C15H27N5. The number of aromatic nitrogens is 3. The van der Waals surface area contributed by atoms with E-state index >= 15 is 0 Å². The molecule has 1 aromatic rings. The number of H-pyrrole nitrogens is 1. The van der Waals surface area contributed by atoms with Crippen LogP contribution in [0.1, 0.15) is 38.9 Å². The summed E-state index contributed by atoms with van der Waals surface area (Å²) in [6.07, 6.45) is 8.52. The zero-order chi connectivity index (χ0) is 14.2. The van der Waals surface area contributed by atoms with Crippen LogP contribution in [0.5, 0.6) is 0 Å². The lowest BCUT2D eigenvalue weighted by Gasteiger charge is -2.31. The first kappa shape index (κ1) is 15.2. The maximum Gasteiger partial charge on any atom is 0.137 e. The second-order valence-corrected chi connectivity index (χ2v) is 5.85. The molecule has 0 saturated carbocycles. The number of likely N-dealkylation sites (tertiary alicyclic amines) is 1. The summed E-state index contributed by atoms with van der Waals surface area (Å²) in [5.74, 6) is 0.989. The normalized spacial score (nSPS) is 17.3. The number of nitrogens with zero attached hydrogens (tertiary/aromatic N) is 3. The highest BCUT2D eigenvalue weighted by Crippen LogP contribution is 2.10. The lowest BCUT2D eigenvalue weighted by Crippen LogP contribution is -2.42. The van der Waals surface area contributed by atoms with Gasteiger partial charge in [-0.15, -0.1) is 0 Å². The molecule has 5 heteroatoms. The van der Waals surface area contributed by atoms with Crippen LogP contribution in [-0.2, 0) is 6.42 Å². The average Bonchev–Trinajstić information content (AvgIpc) is 2.96. The van der Waals surface area contributed by atoms with E-state index < -0.39 is 0 Å². The van der Waals surface area contributed by atoms with Gasteiger partial charge in [-0.3, -0.25) is 10.00 Å². The van der Waals surface area contributed by atoms with E-state index in [0.29, 0.717) is 6.04 Å². The Hall–Kier alpha value is -1.20. The van der Waals surface area contributed by atoms with Crippen LogP contribution in [0, 0.1) is 0 Å². The molecule has 2 rings (SSSR count). The fourth-order valence-electron chi connectivity index (χ4n) is 2.54. The number of piperidine rings is 1. The minimum Gasteiger partial charge on any atom is -0.314 e. The summed E-state index contributed by atoms with van der Waals surface area (Å²) in [6, 6.07) is 0.688. The van der Waals surface area contributed by atoms with Crippen molar-refractivity contribution in [1.82, 2.24) is 25.4 Å². The lowest BCUT2D eigenvalue weighted by molar-refractivity contribution is 0.215. The highest BCUT2D eigenvalue weighted by molar-refractivity contribution is 4.95. The molecule has 5 nitrogen and oxygen atoms in total. The summed E-state index contributed by atoms with van der Waals surface area (Å²) in [5, 5.41) is 10.4. The van der Waals surface area contributed by atoms with Crippen molar-refractivity contribution in [2.45, 2.75) is 45.6 Å². The average molecular weight is 277 g/mol. The fraction of sp³-hybridized carbons (Fsp3) is 0.733. The second kappa shape index (κ2) is 8.17. The Labute approximate surface area is 121 Å². The van der Waals surface area contributed by atoms with Crippen molar-refractivity contribution < 1.29 is 0 Å². The van der Waals surface area contributed by atoms with Crippen LogP contribution in [0.15, 0.2) is 18.0 Å². The number of aryl methyl sites for hydroxylation is 1. The van der Waals surface area contributed by atoms with Gasteiger partial charge in [-0.05, 0) is 52.7 Å². The Morgan fingerprint density at radius 3 is 2.90 bits per heavy atom. The molecule has 0 unspecified atom stereocenters. The van der Waals surface area contributed by atoms with Gasteiger partial charge in [0.15, 0.2) is 0 Å². The summed E-state index contributed by atoms with van der Waals surface area (Å²) in [6.45, 7) is 8.94. The van der Waals surface area contributed by atoms with Crippen molar-refractivity contribution in [2.75, 3.05) is 26.2 Å². The molecule has 20 heavy (non-hydrogen) atoms. The molecular weight excluding hydrogens is 250 g/mol. The van der Waals surface area contributed by atoms with Crippen LogP contribution >= 0.6 is 0 Å². The molecule has 0 aliphatic carbocycles. The van der Waals surface area contributed by atoms with Gasteiger partial charge in [0.05, 0.1) is 0 Å². The largest absolute Gasteiger partial charge is 0.314 e. The molecule has 0 radical (unpaired) electrons. The van der Waals surface area contributed by atoms with Crippen molar-refractivity contribution in [1.29, 1.82) is 0 Å². The summed E-state index contributed by atoms with van der Waals surface area (Å²) < 4.78 is 0. The van der Waals surface area contributed by atoms with Gasteiger partial charge >= 0.3 is 0 Å². The van der Waals surface area contributed by atoms with E-state index in [0.717, 1.165) is 31.8 Å². The van der Waals surface area contributed by atoms with E-state index in [1.165, 1.54) is 31.5 Å². The van der Waals surface area contributed by atoms with Gasteiger partial charge in [-0.1, -0.05) is 11.6 Å². The van der Waals surface area contributed by atoms with Crippen molar-refractivity contribution in [2.24, 2.45) is 0 Å². The maximum absolute atomic E-state index is 4.14. The van der Waals surface area contributed by atoms with Crippen molar-refractivity contribution in [3.63, 3.8) is 0 Å². The topological polar surface area (TPSA) is 56.8 Å². The predicted molar refractivity (Wildman–Crippen MR) is 81.6 cm³/mol. The first-order chi connectivity index (χ1) is 9.74. The number of hydrogen-bond acceptors (Lipinski definition) is 4. The molecule has 2 heterocycles. The third-order valence-electron chi connectivity index (χ3n) is 3.83. The van der Waals surface area contributed by atoms with Gasteiger partial charge in [0.25, 0.3) is 0 Å². The first-order valence-corrected chi connectivity index (χ1v) is 7.67. The summed E-state index contributed by atoms with van der Waals surface area (Å²) in [5.41, 5.74) is 1.41. The second-order valence-electron chi connectivity index (χ2n) is 5.85. The van der Waals surface area contributed by atoms with E-state index in [-0.39, 0.29) is 0 Å². The molecule has 0 atom stereocenters. The van der Waals surface area contributed by atoms with E-state index in [2.05, 4.69) is 45.3 Å². The maximum atomic E-state index is 4.14. The minimum atomic E-state index is 0.688. The van der Waals surface area contributed by atoms with Crippen LogP contribution in [-0.4, -0.2) is 52.3 Å². The van der Waals surface area contributed by atoms with Crippen molar-refractivity contribution >= 4 is 0 Å². The molecule has 0 aromatic carbocycles. The third-order valence-corrected chi connectivity index (χ3v) is 3.83. The molecule has 0 amide bonds. The highest BCUT2D eigenvalue weighted by atomic mass is 15.2. The van der Waals surface area contributed by atoms with Gasteiger partial charge in [-0.2, -0.15) is 5.10 Å². The molecule has 1 saturated heterocycles. The monoisotopic (exact) mass is 277 g/mol. The van der Waals surface area contributed by atoms with Gasteiger partial charge < -0.3 is 5.32 Å². The third kappa shape index (κ3) is 5.43. The number of nitrogens with one attached hydrogen (secondary N) is 2. The smallest absolute Gasteiger partial charge is 0.137 e. The Morgan fingerprint density at radius 2 is 2.25 bits per heavy atom. The summed E-state index contributed by atoms with van der Waals surface area (Å²) >= 11 is 0. The summed E-state index contributed by atoms with van der Waals surface area (Å²) in [4.78, 5) is 6.68. The van der Waals surface area contributed by atoms with Crippen LogP contribution in [0.2, 0.25) is 0 Å². The highest BCUT2D eigenvalue weighted by Gasteiger charge is 2.17. The molecule has 1 fully saturated rings. The molecule has 0 bridgehead atoms. The number of rotatable bonds is 7. The Kier molecular flexibility index (Phi) is 6.21. The molecule has 1 aliphatic rings. The first-order valence-electron chi connectivity index (χ1n) is 7.67. The SMILES string of the molecule is CC(C)=CCN1CCC(NCCCc2ncn[nH]2)CC1. The van der Waals surface area contributed by atoms with Gasteiger partial charge in [0.1, 0.15) is 12.2 Å². The van der Waals surface area contributed by atoms with E-state index in [4.69, 9.17) is 0 Å². The standard InChI is InChI=1S/C15H27N5/c1-13(2)5-9-20-10-6-14(7-11-20)16-8-3-4-15-17-12-18-19-15/h5,12,14,16H,3-4,6-11H2,1-2H3,(H,17,18,19). The molecule has 1 aromatic heterocycles. The van der Waals surface area contributed by atoms with E-state index in [9.17, 15) is 0 Å². The van der Waals surface area contributed by atoms with Gasteiger partial charge in [-0.25, -0.2) is 4.98 Å². The zero-order valence-corrected chi connectivity index (χ0v) is 12.7. The van der Waals surface area contributed by atoms with E-state index in [1.807, 2.05) is 0 Å². The number of allylic oxidation sites excluding steroid dienone is 1. The molecule has 0 spiro atoms. The van der Waals surface area contributed by atoms with Gasteiger partial charge in [0.2, 0.25) is 0 Å². The van der Waals surface area contributed by atoms with E-state index in [1.54, 1.807) is 6.33 Å². The summed E-state index contributed by atoms with van der Waals surface area (Å²) in [7, 11) is 0. The number of hydrogen-bond donors (Lipinski definition) is 2. The molecule has 112 valence electrons. The fourth-order valence-corrected chi connectivity index (χ4v) is 2.54.